The minimum Gasteiger partial charge on any atom is -0.346 e. The van der Waals surface area contributed by atoms with Crippen LogP contribution in [0.5, 0.6) is 0 Å². The molecule has 5 rings (SSSR count). The van der Waals surface area contributed by atoms with E-state index in [1.807, 2.05) is 12.1 Å². The van der Waals surface area contributed by atoms with E-state index < -0.39 is 41.9 Å². The fourth-order valence-electron chi connectivity index (χ4n) is 6.24. The molecule has 0 radical (unpaired) electrons. The van der Waals surface area contributed by atoms with Crippen LogP contribution in [-0.4, -0.2) is 25.4 Å². The maximum atomic E-state index is 15.1. The average molecular weight is 557 g/mol. The van der Waals surface area contributed by atoms with Crippen LogP contribution < -0.4 is 0 Å². The summed E-state index contributed by atoms with van der Waals surface area (Å²) in [5, 5.41) is 0. The molecule has 214 valence electrons. The van der Waals surface area contributed by atoms with Crippen LogP contribution in [0.4, 0.5) is 26.3 Å². The van der Waals surface area contributed by atoms with Crippen molar-refractivity contribution in [3.05, 3.63) is 70.3 Å². The molecule has 39 heavy (non-hydrogen) atoms. The Bertz CT molecular complexity index is 1110. The molecule has 0 spiro atoms. The van der Waals surface area contributed by atoms with Gasteiger partial charge in [0.05, 0.1) is 19.1 Å². The van der Waals surface area contributed by atoms with Gasteiger partial charge in [-0.3, -0.25) is 0 Å². The third-order valence-electron chi connectivity index (χ3n) is 8.62. The molecule has 3 nitrogen and oxygen atoms in total. The van der Waals surface area contributed by atoms with Crippen LogP contribution in [0.2, 0.25) is 0 Å². The van der Waals surface area contributed by atoms with E-state index in [2.05, 4.69) is 6.92 Å². The van der Waals surface area contributed by atoms with Crippen LogP contribution in [0.3, 0.4) is 0 Å². The average Bonchev–Trinajstić information content (AvgIpc) is 2.92. The fourth-order valence-corrected chi connectivity index (χ4v) is 6.24. The summed E-state index contributed by atoms with van der Waals surface area (Å²) < 4.78 is 101. The Morgan fingerprint density at radius 3 is 1.87 bits per heavy atom. The third kappa shape index (κ3) is 6.46. The van der Waals surface area contributed by atoms with Crippen molar-refractivity contribution in [2.24, 2.45) is 11.8 Å². The summed E-state index contributed by atoms with van der Waals surface area (Å²) in [4.78, 5) is 0. The molecule has 0 atom stereocenters. The normalized spacial score (nSPS) is 30.3. The predicted molar refractivity (Wildman–Crippen MR) is 132 cm³/mol. The molecule has 1 heterocycles. The number of halogens is 6. The minimum absolute atomic E-state index is 0.0939. The fraction of sp³-hybridized carbons (Fsp3) is 0.600. The highest BCUT2D eigenvalue weighted by Crippen LogP contribution is 2.45. The molecule has 3 aliphatic rings. The van der Waals surface area contributed by atoms with E-state index in [1.165, 1.54) is 0 Å². The molecule has 2 aliphatic carbocycles. The van der Waals surface area contributed by atoms with Crippen LogP contribution in [0, 0.1) is 35.1 Å². The van der Waals surface area contributed by atoms with E-state index in [0.717, 1.165) is 49.3 Å². The van der Waals surface area contributed by atoms with Crippen LogP contribution >= 0.6 is 0 Å². The van der Waals surface area contributed by atoms with Gasteiger partial charge in [-0.25, -0.2) is 17.6 Å². The monoisotopic (exact) mass is 556 g/mol. The SMILES string of the molecule is CC1CCC(c2ccc(C3CCC(C(F)(F)OC4COC(c5cc(F)c(F)c(F)c5)OC4)CC3)c(F)c2)CC1. The van der Waals surface area contributed by atoms with Gasteiger partial charge < -0.3 is 14.2 Å². The van der Waals surface area contributed by atoms with Gasteiger partial charge in [-0.05, 0) is 85.6 Å². The maximum absolute atomic E-state index is 15.1. The second-order valence-corrected chi connectivity index (χ2v) is 11.4. The zero-order valence-corrected chi connectivity index (χ0v) is 21.9. The first-order chi connectivity index (χ1) is 18.6. The van der Waals surface area contributed by atoms with Gasteiger partial charge in [0.1, 0.15) is 11.9 Å². The predicted octanol–water partition coefficient (Wildman–Crippen LogP) is 8.53. The van der Waals surface area contributed by atoms with E-state index in [4.69, 9.17) is 14.2 Å². The molecule has 0 N–H and O–H groups in total. The highest BCUT2D eigenvalue weighted by molar-refractivity contribution is 5.30. The van der Waals surface area contributed by atoms with Crippen LogP contribution in [-0.2, 0) is 14.2 Å². The Labute approximate surface area is 224 Å². The van der Waals surface area contributed by atoms with Crippen LogP contribution in [0.1, 0.15) is 93.1 Å². The molecule has 2 aromatic carbocycles. The topological polar surface area (TPSA) is 27.7 Å². The summed E-state index contributed by atoms with van der Waals surface area (Å²) in [5.41, 5.74) is 1.54. The van der Waals surface area contributed by atoms with Crippen molar-refractivity contribution >= 4 is 0 Å². The molecule has 2 aromatic rings. The van der Waals surface area contributed by atoms with Gasteiger partial charge in [0.25, 0.3) is 0 Å². The third-order valence-corrected chi connectivity index (χ3v) is 8.62. The highest BCUT2D eigenvalue weighted by Gasteiger charge is 2.45. The molecule has 0 amide bonds. The molecule has 1 aliphatic heterocycles. The molecule has 9 heteroatoms. The van der Waals surface area contributed by atoms with Crippen molar-refractivity contribution in [2.45, 2.75) is 88.6 Å². The second-order valence-electron chi connectivity index (χ2n) is 11.4. The summed E-state index contributed by atoms with van der Waals surface area (Å²) in [6.07, 6.45) is -0.0607. The van der Waals surface area contributed by atoms with Gasteiger partial charge in [-0.1, -0.05) is 31.9 Å². The summed E-state index contributed by atoms with van der Waals surface area (Å²) >= 11 is 0. The van der Waals surface area contributed by atoms with E-state index in [-0.39, 0.29) is 43.4 Å². The largest absolute Gasteiger partial charge is 0.358 e. The highest BCUT2D eigenvalue weighted by atomic mass is 19.3. The van der Waals surface area contributed by atoms with Crippen molar-refractivity contribution in [1.29, 1.82) is 0 Å². The van der Waals surface area contributed by atoms with E-state index in [1.54, 1.807) is 6.07 Å². The van der Waals surface area contributed by atoms with Crippen LogP contribution in [0.25, 0.3) is 0 Å². The first-order valence-corrected chi connectivity index (χ1v) is 13.8. The van der Waals surface area contributed by atoms with Gasteiger partial charge in [-0.2, -0.15) is 8.78 Å². The molecular weight excluding hydrogens is 522 g/mol. The van der Waals surface area contributed by atoms with Crippen molar-refractivity contribution in [2.75, 3.05) is 13.2 Å². The lowest BCUT2D eigenvalue weighted by molar-refractivity contribution is -0.334. The lowest BCUT2D eigenvalue weighted by atomic mass is 9.76. The first-order valence-electron chi connectivity index (χ1n) is 13.8. The molecule has 2 saturated carbocycles. The lowest BCUT2D eigenvalue weighted by Crippen LogP contribution is -2.43. The zero-order valence-electron chi connectivity index (χ0n) is 21.9. The van der Waals surface area contributed by atoms with Crippen molar-refractivity contribution in [1.82, 2.24) is 0 Å². The van der Waals surface area contributed by atoms with Gasteiger partial charge in [-0.15, -0.1) is 0 Å². The Morgan fingerprint density at radius 2 is 1.28 bits per heavy atom. The molecule has 3 fully saturated rings. The number of hydrogen-bond donors (Lipinski definition) is 0. The minimum atomic E-state index is -3.44. The van der Waals surface area contributed by atoms with Gasteiger partial charge in [0, 0.05) is 5.56 Å². The van der Waals surface area contributed by atoms with Crippen molar-refractivity contribution < 1.29 is 40.6 Å². The number of hydrogen-bond acceptors (Lipinski definition) is 3. The summed E-state index contributed by atoms with van der Waals surface area (Å²) in [6, 6.07) is 6.97. The standard InChI is InChI=1S/C30H34F6O3/c1-17-2-4-18(5-3-17)20-8-11-24(25(31)12-20)19-6-9-22(10-7-19)30(35,36)39-23-15-37-29(38-16-23)21-13-26(32)28(34)27(33)14-21/h8,11-14,17-19,22-23,29H,2-7,9-10,15-16H2,1H3. The summed E-state index contributed by atoms with van der Waals surface area (Å²) in [5.74, 6) is -4.69. The Hall–Kier alpha value is -2.10. The Kier molecular flexibility index (Phi) is 8.59. The quantitative estimate of drug-likeness (QED) is 0.264. The lowest BCUT2D eigenvalue weighted by Gasteiger charge is -2.37. The smallest absolute Gasteiger partial charge is 0.346 e. The molecule has 1 saturated heterocycles. The number of alkyl halides is 2. The molecule has 0 aromatic heterocycles. The number of benzene rings is 2. The van der Waals surface area contributed by atoms with Crippen molar-refractivity contribution in [3.8, 4) is 0 Å². The van der Waals surface area contributed by atoms with E-state index in [9.17, 15) is 13.2 Å². The van der Waals surface area contributed by atoms with E-state index >= 15 is 13.2 Å². The maximum Gasteiger partial charge on any atom is 0.358 e. The number of rotatable bonds is 6. The Morgan fingerprint density at radius 1 is 0.718 bits per heavy atom. The number of ether oxygens (including phenoxy) is 3. The second kappa shape index (κ2) is 11.8. The summed E-state index contributed by atoms with van der Waals surface area (Å²) in [6.45, 7) is 1.68. The van der Waals surface area contributed by atoms with Crippen molar-refractivity contribution in [3.63, 3.8) is 0 Å². The molecular formula is C30H34F6O3. The first kappa shape index (κ1) is 28.4. The Balaban J connectivity index is 1.12. The van der Waals surface area contributed by atoms with Gasteiger partial charge in [0.2, 0.25) is 0 Å². The summed E-state index contributed by atoms with van der Waals surface area (Å²) in [7, 11) is 0. The van der Waals surface area contributed by atoms with E-state index in [0.29, 0.717) is 24.3 Å². The van der Waals surface area contributed by atoms with Gasteiger partial charge >= 0.3 is 6.11 Å². The molecule has 0 unspecified atom stereocenters. The van der Waals surface area contributed by atoms with Gasteiger partial charge in [0.15, 0.2) is 23.7 Å². The van der Waals surface area contributed by atoms with Crippen LogP contribution in [0.15, 0.2) is 30.3 Å². The molecule has 0 bridgehead atoms. The zero-order chi connectivity index (χ0) is 27.7.